The van der Waals surface area contributed by atoms with Crippen molar-refractivity contribution in [2.24, 2.45) is 0 Å². The van der Waals surface area contributed by atoms with Crippen LogP contribution in [0, 0.1) is 6.92 Å². The van der Waals surface area contributed by atoms with Gasteiger partial charge in [-0.05, 0) is 26.3 Å². The van der Waals surface area contributed by atoms with Crippen LogP contribution in [-0.4, -0.2) is 28.2 Å². The van der Waals surface area contributed by atoms with Gasteiger partial charge in [0.1, 0.15) is 6.33 Å². The number of aryl methyl sites for hydroxylation is 1. The zero-order chi connectivity index (χ0) is 12.4. The van der Waals surface area contributed by atoms with Gasteiger partial charge in [0.2, 0.25) is 0 Å². The van der Waals surface area contributed by atoms with Crippen LogP contribution in [0.5, 0.6) is 0 Å². The third-order valence-corrected chi connectivity index (χ3v) is 3.32. The minimum absolute atomic E-state index is 0.433. The molecule has 0 bridgehead atoms. The van der Waals surface area contributed by atoms with Crippen molar-refractivity contribution < 1.29 is 4.52 Å². The fourth-order valence-electron chi connectivity index (χ4n) is 2.43. The second-order valence-corrected chi connectivity index (χ2v) is 4.70. The van der Waals surface area contributed by atoms with Gasteiger partial charge in [-0.25, -0.2) is 9.97 Å². The fraction of sp³-hybridized carbons (Fsp3) is 0.462. The maximum absolute atomic E-state index is 5.33. The first-order valence-corrected chi connectivity index (χ1v) is 6.29. The Hall–Kier alpha value is -1.75. The van der Waals surface area contributed by atoms with E-state index in [0.717, 1.165) is 42.2 Å². The highest BCUT2D eigenvalue weighted by Crippen LogP contribution is 2.30. The van der Waals surface area contributed by atoms with Gasteiger partial charge in [-0.1, -0.05) is 5.16 Å². The highest BCUT2D eigenvalue weighted by Gasteiger charge is 2.21. The number of rotatable bonds is 2. The summed E-state index contributed by atoms with van der Waals surface area (Å²) in [6, 6.07) is 1.93. The number of nitrogens with zero attached hydrogens (tertiary/aromatic N) is 3. The quantitative estimate of drug-likeness (QED) is 0.874. The van der Waals surface area contributed by atoms with E-state index >= 15 is 0 Å². The van der Waals surface area contributed by atoms with Crippen LogP contribution in [0.25, 0.3) is 11.3 Å². The summed E-state index contributed by atoms with van der Waals surface area (Å²) < 4.78 is 5.33. The van der Waals surface area contributed by atoms with Gasteiger partial charge < -0.3 is 9.84 Å². The van der Waals surface area contributed by atoms with Gasteiger partial charge in [0, 0.05) is 24.7 Å². The first kappa shape index (κ1) is 11.3. The lowest BCUT2D eigenvalue weighted by Gasteiger charge is -2.23. The summed E-state index contributed by atoms with van der Waals surface area (Å²) in [6.07, 6.45) is 5.77. The average molecular weight is 244 g/mol. The molecule has 0 spiro atoms. The first-order chi connectivity index (χ1) is 8.84. The molecule has 3 rings (SSSR count). The van der Waals surface area contributed by atoms with Crippen molar-refractivity contribution in [3.63, 3.8) is 0 Å². The Balaban J connectivity index is 1.99. The topological polar surface area (TPSA) is 63.8 Å². The minimum Gasteiger partial charge on any atom is -0.356 e. The van der Waals surface area contributed by atoms with Gasteiger partial charge >= 0.3 is 0 Å². The normalized spacial score (nSPS) is 19.9. The summed E-state index contributed by atoms with van der Waals surface area (Å²) in [7, 11) is 0. The van der Waals surface area contributed by atoms with E-state index in [-0.39, 0.29) is 0 Å². The third-order valence-electron chi connectivity index (χ3n) is 3.32. The SMILES string of the molecule is Cc1cc(-c2cncnc2[C@H]2CCCNC2)on1. The molecule has 2 aromatic rings. The van der Waals surface area contributed by atoms with Gasteiger partial charge in [0.15, 0.2) is 5.76 Å². The summed E-state index contributed by atoms with van der Waals surface area (Å²) in [5, 5.41) is 7.34. The maximum atomic E-state index is 5.33. The van der Waals surface area contributed by atoms with Gasteiger partial charge in [-0.3, -0.25) is 0 Å². The molecule has 5 heteroatoms. The lowest BCUT2D eigenvalue weighted by atomic mass is 9.92. The maximum Gasteiger partial charge on any atom is 0.170 e. The number of nitrogens with one attached hydrogen (secondary N) is 1. The number of hydrogen-bond donors (Lipinski definition) is 1. The summed E-state index contributed by atoms with van der Waals surface area (Å²) in [6.45, 7) is 3.98. The van der Waals surface area contributed by atoms with Crippen LogP contribution < -0.4 is 5.32 Å². The van der Waals surface area contributed by atoms with E-state index in [4.69, 9.17) is 4.52 Å². The van der Waals surface area contributed by atoms with Crippen LogP contribution in [0.3, 0.4) is 0 Å². The molecule has 0 aliphatic carbocycles. The Morgan fingerprint density at radius 2 is 2.39 bits per heavy atom. The molecule has 1 N–H and O–H groups in total. The van der Waals surface area contributed by atoms with Crippen LogP contribution in [0.15, 0.2) is 23.1 Å². The highest BCUT2D eigenvalue weighted by molar-refractivity contribution is 5.60. The predicted octanol–water partition coefficient (Wildman–Crippen LogP) is 1.91. The fourth-order valence-corrected chi connectivity index (χ4v) is 2.43. The van der Waals surface area contributed by atoms with Crippen molar-refractivity contribution >= 4 is 0 Å². The van der Waals surface area contributed by atoms with Crippen molar-refractivity contribution in [2.75, 3.05) is 13.1 Å². The third kappa shape index (κ3) is 2.13. The molecule has 1 saturated heterocycles. The Bertz CT molecular complexity index is 531. The van der Waals surface area contributed by atoms with Crippen LogP contribution >= 0.6 is 0 Å². The zero-order valence-corrected chi connectivity index (χ0v) is 10.4. The smallest absolute Gasteiger partial charge is 0.170 e. The van der Waals surface area contributed by atoms with Gasteiger partial charge in [-0.2, -0.15) is 0 Å². The van der Waals surface area contributed by atoms with E-state index in [9.17, 15) is 0 Å². The van der Waals surface area contributed by atoms with Crippen LogP contribution in [0.2, 0.25) is 0 Å². The van der Waals surface area contributed by atoms with Gasteiger partial charge in [0.25, 0.3) is 0 Å². The lowest BCUT2D eigenvalue weighted by molar-refractivity contribution is 0.423. The molecule has 1 fully saturated rings. The van der Waals surface area contributed by atoms with E-state index in [0.29, 0.717) is 5.92 Å². The minimum atomic E-state index is 0.433. The van der Waals surface area contributed by atoms with Gasteiger partial charge in [-0.15, -0.1) is 0 Å². The zero-order valence-electron chi connectivity index (χ0n) is 10.4. The Morgan fingerprint density at radius 3 is 3.11 bits per heavy atom. The largest absolute Gasteiger partial charge is 0.356 e. The van der Waals surface area contributed by atoms with Crippen LogP contribution in [0.1, 0.15) is 30.1 Å². The molecule has 18 heavy (non-hydrogen) atoms. The summed E-state index contributed by atoms with van der Waals surface area (Å²) >= 11 is 0. The predicted molar refractivity (Wildman–Crippen MR) is 67.1 cm³/mol. The number of hydrogen-bond acceptors (Lipinski definition) is 5. The molecule has 5 nitrogen and oxygen atoms in total. The molecular formula is C13H16N4O. The molecule has 1 aliphatic rings. The van der Waals surface area contributed by atoms with Crippen molar-refractivity contribution in [3.8, 4) is 11.3 Å². The van der Waals surface area contributed by atoms with E-state index in [1.165, 1.54) is 6.42 Å². The van der Waals surface area contributed by atoms with E-state index < -0.39 is 0 Å². The first-order valence-electron chi connectivity index (χ1n) is 6.29. The molecule has 0 radical (unpaired) electrons. The molecule has 1 aliphatic heterocycles. The molecule has 0 unspecified atom stereocenters. The second kappa shape index (κ2) is 4.86. The Morgan fingerprint density at radius 1 is 1.44 bits per heavy atom. The average Bonchev–Trinajstić information content (AvgIpc) is 2.86. The molecular weight excluding hydrogens is 228 g/mol. The van der Waals surface area contributed by atoms with Crippen molar-refractivity contribution in [1.29, 1.82) is 0 Å². The van der Waals surface area contributed by atoms with Crippen LogP contribution in [-0.2, 0) is 0 Å². The monoisotopic (exact) mass is 244 g/mol. The van der Waals surface area contributed by atoms with Crippen LogP contribution in [0.4, 0.5) is 0 Å². The van der Waals surface area contributed by atoms with Gasteiger partial charge in [0.05, 0.1) is 17.0 Å². The standard InChI is InChI=1S/C13H16N4O/c1-9-5-12(18-17-9)11-7-15-8-16-13(11)10-3-2-4-14-6-10/h5,7-8,10,14H,2-4,6H2,1H3/t10-/m0/s1. The molecule has 3 heterocycles. The summed E-state index contributed by atoms with van der Waals surface area (Å²) in [5.74, 6) is 1.19. The van der Waals surface area contributed by atoms with E-state index in [2.05, 4.69) is 20.4 Å². The molecule has 0 aromatic carbocycles. The van der Waals surface area contributed by atoms with Crippen molar-refractivity contribution in [3.05, 3.63) is 30.0 Å². The summed E-state index contributed by atoms with van der Waals surface area (Å²) in [4.78, 5) is 8.56. The Labute approximate surface area is 106 Å². The molecule has 1 atom stereocenters. The molecule has 2 aromatic heterocycles. The van der Waals surface area contributed by atoms with E-state index in [1.807, 2.05) is 19.2 Å². The second-order valence-electron chi connectivity index (χ2n) is 4.70. The number of aromatic nitrogens is 3. The van der Waals surface area contributed by atoms with Crippen molar-refractivity contribution in [2.45, 2.75) is 25.7 Å². The lowest BCUT2D eigenvalue weighted by Crippen LogP contribution is -2.29. The highest BCUT2D eigenvalue weighted by atomic mass is 16.5. The molecule has 0 saturated carbocycles. The summed E-state index contributed by atoms with van der Waals surface area (Å²) in [5.41, 5.74) is 2.90. The molecule has 94 valence electrons. The van der Waals surface area contributed by atoms with E-state index in [1.54, 1.807) is 6.33 Å². The molecule has 0 amide bonds. The van der Waals surface area contributed by atoms with Crippen molar-refractivity contribution in [1.82, 2.24) is 20.4 Å². The number of piperidine rings is 1. The Kier molecular flexibility index (Phi) is 3.06.